The number of ether oxygens (including phenoxy) is 1. The van der Waals surface area contributed by atoms with Crippen molar-refractivity contribution in [2.45, 2.75) is 37.2 Å². The highest BCUT2D eigenvalue weighted by Crippen LogP contribution is 2.47. The number of rotatable bonds is 7. The van der Waals surface area contributed by atoms with Gasteiger partial charge in [0.05, 0.1) is 7.11 Å². The van der Waals surface area contributed by atoms with Crippen molar-refractivity contribution in [1.29, 1.82) is 0 Å². The first-order valence-corrected chi connectivity index (χ1v) is 10.6. The highest BCUT2D eigenvalue weighted by Gasteiger charge is 2.46. The average Bonchev–Trinajstić information content (AvgIpc) is 3.29. The first kappa shape index (κ1) is 18.4. The van der Waals surface area contributed by atoms with E-state index in [-0.39, 0.29) is 17.4 Å². The van der Waals surface area contributed by atoms with Crippen molar-refractivity contribution in [3.63, 3.8) is 0 Å². The Morgan fingerprint density at radius 2 is 2.00 bits per heavy atom. The van der Waals surface area contributed by atoms with E-state index in [1.807, 2.05) is 31.4 Å². The van der Waals surface area contributed by atoms with E-state index >= 15 is 0 Å². The Bertz CT molecular complexity index is 857. The van der Waals surface area contributed by atoms with Gasteiger partial charge >= 0.3 is 0 Å². The molecule has 2 N–H and O–H groups in total. The Balaban J connectivity index is 1.88. The van der Waals surface area contributed by atoms with Crippen molar-refractivity contribution < 1.29 is 18.3 Å². The summed E-state index contributed by atoms with van der Waals surface area (Å²) in [5, 5.41) is 13.0. The fraction of sp³-hybridized carbons (Fsp3) is 0.444. The summed E-state index contributed by atoms with van der Waals surface area (Å²) in [5.41, 5.74) is 0.676. The van der Waals surface area contributed by atoms with Gasteiger partial charge in [-0.3, -0.25) is 0 Å². The van der Waals surface area contributed by atoms with Crippen molar-refractivity contribution in [2.24, 2.45) is 5.92 Å². The SMILES string of the molecule is COc1cc(C)c(C)cc1S(=O)(=O)NC[C@](O)(c1cccs1)C1CC1. The molecule has 1 atom stereocenters. The molecular weight excluding hydrogens is 358 g/mol. The minimum absolute atomic E-state index is 0.0450. The van der Waals surface area contributed by atoms with Gasteiger partial charge in [-0.2, -0.15) is 0 Å². The lowest BCUT2D eigenvalue weighted by Gasteiger charge is -2.27. The number of hydrogen-bond donors (Lipinski definition) is 2. The molecule has 1 aliphatic carbocycles. The summed E-state index contributed by atoms with van der Waals surface area (Å²) >= 11 is 1.45. The lowest BCUT2D eigenvalue weighted by atomic mass is 9.96. The van der Waals surface area contributed by atoms with Crippen LogP contribution in [0.2, 0.25) is 0 Å². The van der Waals surface area contributed by atoms with Gasteiger partial charge in [0.25, 0.3) is 0 Å². The van der Waals surface area contributed by atoms with Gasteiger partial charge < -0.3 is 9.84 Å². The zero-order valence-corrected chi connectivity index (χ0v) is 16.2. The summed E-state index contributed by atoms with van der Waals surface area (Å²) in [7, 11) is -2.35. The summed E-state index contributed by atoms with van der Waals surface area (Å²) in [4.78, 5) is 0.896. The van der Waals surface area contributed by atoms with Crippen LogP contribution in [0.25, 0.3) is 0 Å². The van der Waals surface area contributed by atoms with Gasteiger partial charge in [-0.1, -0.05) is 6.07 Å². The second-order valence-corrected chi connectivity index (χ2v) is 9.27. The molecule has 1 saturated carbocycles. The van der Waals surface area contributed by atoms with Crippen LogP contribution in [0.3, 0.4) is 0 Å². The fourth-order valence-electron chi connectivity index (χ4n) is 2.93. The Morgan fingerprint density at radius 3 is 2.56 bits per heavy atom. The molecule has 3 rings (SSSR count). The molecule has 5 nitrogen and oxygen atoms in total. The van der Waals surface area contributed by atoms with Gasteiger partial charge in [0, 0.05) is 11.4 Å². The molecule has 7 heteroatoms. The zero-order chi connectivity index (χ0) is 18.2. The molecule has 0 saturated heterocycles. The van der Waals surface area contributed by atoms with Crippen LogP contribution < -0.4 is 9.46 Å². The summed E-state index contributed by atoms with van der Waals surface area (Å²) in [6.07, 6.45) is 1.81. The van der Waals surface area contributed by atoms with E-state index in [9.17, 15) is 13.5 Å². The number of aliphatic hydroxyl groups is 1. The molecule has 0 unspecified atom stereocenters. The van der Waals surface area contributed by atoms with Crippen molar-refractivity contribution in [3.05, 3.63) is 45.6 Å². The smallest absolute Gasteiger partial charge is 0.244 e. The van der Waals surface area contributed by atoms with Gasteiger partial charge in [-0.25, -0.2) is 13.1 Å². The van der Waals surface area contributed by atoms with Crippen LogP contribution in [-0.2, 0) is 15.6 Å². The molecule has 136 valence electrons. The first-order chi connectivity index (χ1) is 11.8. The normalized spacial score (nSPS) is 17.3. The van der Waals surface area contributed by atoms with Gasteiger partial charge in [0.1, 0.15) is 16.2 Å². The molecule has 1 heterocycles. The Hall–Kier alpha value is -1.41. The quantitative estimate of drug-likeness (QED) is 0.773. The van der Waals surface area contributed by atoms with Crippen LogP contribution in [0, 0.1) is 19.8 Å². The van der Waals surface area contributed by atoms with E-state index in [0.717, 1.165) is 28.8 Å². The van der Waals surface area contributed by atoms with Gasteiger partial charge in [-0.05, 0) is 67.3 Å². The molecule has 25 heavy (non-hydrogen) atoms. The van der Waals surface area contributed by atoms with E-state index in [4.69, 9.17) is 4.74 Å². The maximum Gasteiger partial charge on any atom is 0.244 e. The molecule has 1 aromatic carbocycles. The minimum atomic E-state index is -3.80. The molecule has 0 aliphatic heterocycles. The molecule has 1 aromatic heterocycles. The van der Waals surface area contributed by atoms with Crippen LogP contribution >= 0.6 is 11.3 Å². The highest BCUT2D eigenvalue weighted by molar-refractivity contribution is 7.89. The van der Waals surface area contributed by atoms with Gasteiger partial charge in [0.2, 0.25) is 10.0 Å². The molecule has 0 spiro atoms. The van der Waals surface area contributed by atoms with Crippen molar-refractivity contribution in [1.82, 2.24) is 4.72 Å². The molecular formula is C18H23NO4S2. The van der Waals surface area contributed by atoms with Crippen LogP contribution in [0.1, 0.15) is 28.8 Å². The Kier molecular flexibility index (Phi) is 4.94. The Labute approximate surface area is 152 Å². The molecule has 1 fully saturated rings. The topological polar surface area (TPSA) is 75.6 Å². The standard InChI is InChI=1S/C18H23NO4S2/c1-12-9-15(23-3)16(10-13(12)2)25(21,22)19-11-18(20,14-6-7-14)17-5-4-8-24-17/h4-5,8-10,14,19-20H,6-7,11H2,1-3H3/t18-/m1/s1. The highest BCUT2D eigenvalue weighted by atomic mass is 32.2. The lowest BCUT2D eigenvalue weighted by molar-refractivity contribution is 0.0222. The maximum atomic E-state index is 12.8. The number of methoxy groups -OCH3 is 1. The summed E-state index contributed by atoms with van der Waals surface area (Å²) in [5.74, 6) is 0.400. The van der Waals surface area contributed by atoms with E-state index in [2.05, 4.69) is 4.72 Å². The maximum absolute atomic E-state index is 12.8. The Morgan fingerprint density at radius 1 is 1.32 bits per heavy atom. The number of nitrogens with one attached hydrogen (secondary N) is 1. The van der Waals surface area contributed by atoms with Crippen molar-refractivity contribution in [2.75, 3.05) is 13.7 Å². The third-order valence-corrected chi connectivity index (χ3v) is 7.26. The van der Waals surface area contributed by atoms with Crippen LogP contribution in [0.15, 0.2) is 34.5 Å². The number of aryl methyl sites for hydroxylation is 2. The summed E-state index contributed by atoms with van der Waals surface area (Å²) < 4.78 is 33.5. The minimum Gasteiger partial charge on any atom is -0.495 e. The number of thiophene rings is 1. The van der Waals surface area contributed by atoms with Crippen molar-refractivity contribution >= 4 is 21.4 Å². The third kappa shape index (κ3) is 3.60. The largest absolute Gasteiger partial charge is 0.495 e. The second-order valence-electron chi connectivity index (χ2n) is 6.59. The van der Waals surface area contributed by atoms with Crippen LogP contribution in [-0.4, -0.2) is 27.2 Å². The summed E-state index contributed by atoms with van der Waals surface area (Å²) in [6, 6.07) is 7.05. The van der Waals surface area contributed by atoms with E-state index in [0.29, 0.717) is 5.75 Å². The first-order valence-electron chi connectivity index (χ1n) is 8.19. The van der Waals surface area contributed by atoms with Crippen molar-refractivity contribution in [3.8, 4) is 5.75 Å². The van der Waals surface area contributed by atoms with Gasteiger partial charge in [-0.15, -0.1) is 11.3 Å². The molecule has 0 bridgehead atoms. The van der Waals surface area contributed by atoms with E-state index < -0.39 is 15.6 Å². The molecule has 0 amide bonds. The predicted octanol–water partition coefficient (Wildman–Crippen LogP) is 2.95. The monoisotopic (exact) mass is 381 g/mol. The lowest BCUT2D eigenvalue weighted by Crippen LogP contribution is -2.42. The van der Waals surface area contributed by atoms with E-state index in [1.54, 1.807) is 12.1 Å². The summed E-state index contributed by atoms with van der Waals surface area (Å²) in [6.45, 7) is 3.72. The zero-order valence-electron chi connectivity index (χ0n) is 14.6. The van der Waals surface area contributed by atoms with Crippen LogP contribution in [0.4, 0.5) is 0 Å². The average molecular weight is 382 g/mol. The molecule has 2 aromatic rings. The van der Waals surface area contributed by atoms with Gasteiger partial charge in [0.15, 0.2) is 0 Å². The number of sulfonamides is 1. The fourth-order valence-corrected chi connectivity index (χ4v) is 5.14. The molecule has 1 aliphatic rings. The number of benzene rings is 1. The third-order valence-electron chi connectivity index (χ3n) is 4.80. The second kappa shape index (κ2) is 6.72. The predicted molar refractivity (Wildman–Crippen MR) is 98.6 cm³/mol. The number of hydrogen-bond acceptors (Lipinski definition) is 5. The van der Waals surface area contributed by atoms with Crippen LogP contribution in [0.5, 0.6) is 5.75 Å². The molecule has 0 radical (unpaired) electrons. The van der Waals surface area contributed by atoms with E-state index in [1.165, 1.54) is 18.4 Å².